The average Bonchev–Trinajstić information content (AvgIpc) is 1.90. The summed E-state index contributed by atoms with van der Waals surface area (Å²) in [5.74, 6) is 1.22. The van der Waals surface area contributed by atoms with Gasteiger partial charge in [0.05, 0.1) is 0 Å². The van der Waals surface area contributed by atoms with Crippen molar-refractivity contribution in [2.24, 2.45) is 0 Å². The molecule has 0 unspecified atom stereocenters. The Kier molecular flexibility index (Phi) is 1.92. The first-order chi connectivity index (χ1) is 3.93. The van der Waals surface area contributed by atoms with E-state index in [2.05, 4.69) is 11.1 Å². The van der Waals surface area contributed by atoms with Crippen molar-refractivity contribution in [3.05, 3.63) is 30.1 Å². The van der Waals surface area contributed by atoms with Crippen molar-refractivity contribution in [3.63, 3.8) is 0 Å². The number of hydrogen-bond donors (Lipinski definition) is 0. The molecule has 0 bridgehead atoms. The molecule has 1 heterocycles. The zero-order chi connectivity index (χ0) is 5.82. The van der Waals surface area contributed by atoms with Gasteiger partial charge in [-0.05, 0) is 17.4 Å². The van der Waals surface area contributed by atoms with Crippen LogP contribution in [0.2, 0.25) is 0 Å². The van der Waals surface area contributed by atoms with Gasteiger partial charge in [-0.3, -0.25) is 4.98 Å². The Morgan fingerprint density at radius 2 is 2.50 bits per heavy atom. The highest BCUT2D eigenvalue weighted by Crippen LogP contribution is 1.97. The van der Waals surface area contributed by atoms with Gasteiger partial charge >= 0.3 is 0 Å². The normalized spacial score (nSPS) is 9.25. The molecule has 2 heteroatoms. The fourth-order valence-corrected chi connectivity index (χ4v) is 1.03. The fourth-order valence-electron chi connectivity index (χ4n) is 0.607. The van der Waals surface area contributed by atoms with E-state index in [-0.39, 0.29) is 0 Å². The van der Waals surface area contributed by atoms with Crippen LogP contribution in [0, 0.1) is 0 Å². The molecule has 1 aromatic heterocycles. The van der Waals surface area contributed by atoms with E-state index >= 15 is 0 Å². The first-order valence-corrected chi connectivity index (χ1v) is 4.24. The molecule has 0 aliphatic carbocycles. The molecule has 0 N–H and O–H groups in total. The van der Waals surface area contributed by atoms with E-state index in [1.165, 1.54) is 23.9 Å². The van der Waals surface area contributed by atoms with Gasteiger partial charge in [0.25, 0.3) is 0 Å². The summed E-state index contributed by atoms with van der Waals surface area (Å²) in [7, 11) is 0. The van der Waals surface area contributed by atoms with Crippen LogP contribution in [0.25, 0.3) is 0 Å². The van der Waals surface area contributed by atoms with Gasteiger partial charge in [0, 0.05) is 12.4 Å². The molecule has 1 rings (SSSR count). The molecule has 0 saturated heterocycles. The van der Waals surface area contributed by atoms with Gasteiger partial charge in [0.2, 0.25) is 0 Å². The molecule has 0 saturated carbocycles. The van der Waals surface area contributed by atoms with E-state index in [4.69, 9.17) is 0 Å². The molecule has 0 fully saturated rings. The average molecular weight is 129 g/mol. The molecular weight excluding hydrogens is 118 g/mol. The van der Waals surface area contributed by atoms with Crippen molar-refractivity contribution in [2.45, 2.75) is 5.75 Å². The maximum Gasteiger partial charge on any atom is 0.0306 e. The van der Waals surface area contributed by atoms with Gasteiger partial charge in [0.1, 0.15) is 0 Å². The number of rotatable bonds is 1. The molecule has 1 aromatic rings. The van der Waals surface area contributed by atoms with E-state index in [0.717, 1.165) is 0 Å². The predicted molar refractivity (Wildman–Crippen MR) is 42.5 cm³/mol. The highest BCUT2D eigenvalue weighted by Gasteiger charge is 1.80. The lowest BCUT2D eigenvalue weighted by molar-refractivity contribution is 1.26. The highest BCUT2D eigenvalue weighted by molar-refractivity contribution is 7.79. The summed E-state index contributed by atoms with van der Waals surface area (Å²) in [4.78, 5) is 3.98. The van der Waals surface area contributed by atoms with Crippen LogP contribution in [0.5, 0.6) is 0 Å². The Balaban J connectivity index is 2.83. The summed E-state index contributed by atoms with van der Waals surface area (Å²) in [6.45, 7) is 0. The van der Waals surface area contributed by atoms with E-state index in [1.807, 2.05) is 12.3 Å². The lowest BCUT2D eigenvalue weighted by atomic mass is 10.3. The summed E-state index contributed by atoms with van der Waals surface area (Å²) in [5.41, 5.74) is 1.36. The fraction of sp³-hybridized carbons (Fsp3) is 0.167. The molecule has 0 spiro atoms. The minimum absolute atomic E-state index is 1.22. The SMILES string of the molecule is [SH5]Cc1cccnc1. The zero-order valence-corrected chi connectivity index (χ0v) is 6.96. The maximum absolute atomic E-state index is 3.98. The molecule has 46 valence electrons. The first kappa shape index (κ1) is 5.63. The lowest BCUT2D eigenvalue weighted by Crippen LogP contribution is -1.75. The zero-order valence-electron chi connectivity index (χ0n) is 4.96. The molecule has 8 heavy (non-hydrogen) atoms. The number of hydrogen-bond acceptors (Lipinski definition) is 1. The van der Waals surface area contributed by atoms with Crippen LogP contribution < -0.4 is 0 Å². The molecule has 0 atom stereocenters. The molecule has 1 nitrogen and oxygen atoms in total. The van der Waals surface area contributed by atoms with Crippen molar-refractivity contribution in [3.8, 4) is 0 Å². The van der Waals surface area contributed by atoms with E-state index in [0.29, 0.717) is 0 Å². The molecule has 0 aliphatic heterocycles. The third-order valence-corrected chi connectivity index (χ3v) is 1.95. The minimum Gasteiger partial charge on any atom is -0.314 e. The Bertz CT molecular complexity index is 150. The summed E-state index contributed by atoms with van der Waals surface area (Å²) in [5, 5.41) is 0. The van der Waals surface area contributed by atoms with Gasteiger partial charge in [-0.2, -0.15) is 0 Å². The van der Waals surface area contributed by atoms with E-state index in [1.54, 1.807) is 6.20 Å². The highest BCUT2D eigenvalue weighted by atomic mass is 32.1. The van der Waals surface area contributed by atoms with Gasteiger partial charge in [-0.15, -0.1) is 0 Å². The van der Waals surface area contributed by atoms with Crippen molar-refractivity contribution >= 4 is 12.6 Å². The topological polar surface area (TPSA) is 12.9 Å². The molecule has 0 aromatic carbocycles. The smallest absolute Gasteiger partial charge is 0.0306 e. The van der Waals surface area contributed by atoms with Crippen LogP contribution in [-0.2, 0) is 5.75 Å². The number of nitrogens with zero attached hydrogens (tertiary/aromatic N) is 1. The largest absolute Gasteiger partial charge is 0.314 e. The second kappa shape index (κ2) is 2.72. The summed E-state index contributed by atoms with van der Waals surface area (Å²) >= 11 is 1.24. The second-order valence-electron chi connectivity index (χ2n) is 1.71. The molecule has 0 radical (unpaired) electrons. The van der Waals surface area contributed by atoms with Crippen LogP contribution in [0.1, 0.15) is 5.56 Å². The Labute approximate surface area is 54.2 Å². The van der Waals surface area contributed by atoms with Gasteiger partial charge in [-0.25, -0.2) is 0 Å². The van der Waals surface area contributed by atoms with E-state index < -0.39 is 0 Å². The summed E-state index contributed by atoms with van der Waals surface area (Å²) in [6.07, 6.45) is 3.73. The van der Waals surface area contributed by atoms with Gasteiger partial charge in [0.15, 0.2) is 0 Å². The first-order valence-electron chi connectivity index (χ1n) is 2.82. The van der Waals surface area contributed by atoms with Crippen LogP contribution in [0.4, 0.5) is 0 Å². The van der Waals surface area contributed by atoms with Crippen molar-refractivity contribution in [1.82, 2.24) is 4.98 Å². The van der Waals surface area contributed by atoms with Crippen LogP contribution in [-0.4, -0.2) is 4.98 Å². The third-order valence-electron chi connectivity index (χ3n) is 1.13. The summed E-state index contributed by atoms with van der Waals surface area (Å²) in [6, 6.07) is 4.09. The monoisotopic (exact) mass is 129 g/mol. The third kappa shape index (κ3) is 1.23. The number of pyridine rings is 1. The van der Waals surface area contributed by atoms with Crippen molar-refractivity contribution < 1.29 is 0 Å². The molecule has 0 amide bonds. The summed E-state index contributed by atoms with van der Waals surface area (Å²) < 4.78 is 0. The maximum atomic E-state index is 3.98. The lowest BCUT2D eigenvalue weighted by Gasteiger charge is -1.90. The van der Waals surface area contributed by atoms with Crippen LogP contribution in [0.15, 0.2) is 24.5 Å². The van der Waals surface area contributed by atoms with E-state index in [9.17, 15) is 0 Å². The standard InChI is InChI=1S/C6H11NS/c8-5-6-2-1-3-7-4-6/h1-4H,5H2,8H5. The second-order valence-corrected chi connectivity index (χ2v) is 2.42. The minimum atomic E-state index is 1.22. The Morgan fingerprint density at radius 1 is 1.62 bits per heavy atom. The molecular formula is C6H11NS. The Hall–Kier alpha value is -0.500. The van der Waals surface area contributed by atoms with Crippen molar-refractivity contribution in [1.29, 1.82) is 0 Å². The van der Waals surface area contributed by atoms with Crippen LogP contribution in [0.3, 0.4) is 0 Å². The van der Waals surface area contributed by atoms with Crippen molar-refractivity contribution in [2.75, 3.05) is 0 Å². The molecule has 0 aliphatic rings. The number of aromatic nitrogens is 1. The van der Waals surface area contributed by atoms with Gasteiger partial charge in [-0.1, -0.05) is 6.07 Å². The quantitative estimate of drug-likeness (QED) is 0.536. The Morgan fingerprint density at radius 3 is 2.88 bits per heavy atom. The van der Waals surface area contributed by atoms with Crippen LogP contribution >= 0.6 is 12.6 Å². The van der Waals surface area contributed by atoms with Gasteiger partial charge < -0.3 is 12.6 Å². The predicted octanol–water partition coefficient (Wildman–Crippen LogP) is 0.441.